The molecule has 1 amide bonds. The zero-order valence-electron chi connectivity index (χ0n) is 12.0. The third kappa shape index (κ3) is 4.53. The van der Waals surface area contributed by atoms with Crippen molar-refractivity contribution < 1.29 is 9.21 Å². The van der Waals surface area contributed by atoms with Crippen molar-refractivity contribution in [2.24, 2.45) is 0 Å². The molecule has 2 N–H and O–H groups in total. The van der Waals surface area contributed by atoms with Gasteiger partial charge in [0.25, 0.3) is 0 Å². The number of nitrogens with one attached hydrogen (secondary N) is 2. The molecule has 0 bridgehead atoms. The van der Waals surface area contributed by atoms with E-state index >= 15 is 0 Å². The fourth-order valence-electron chi connectivity index (χ4n) is 1.56. The summed E-state index contributed by atoms with van der Waals surface area (Å²) >= 11 is 0. The fraction of sp³-hybridized carbons (Fsp3) is 0.643. The molecule has 18 heavy (non-hydrogen) atoms. The van der Waals surface area contributed by atoms with Crippen molar-refractivity contribution >= 4 is 5.91 Å². The molecule has 1 heterocycles. The first-order chi connectivity index (χ1) is 8.31. The molecule has 4 heteroatoms. The highest BCUT2D eigenvalue weighted by molar-refractivity contribution is 5.78. The topological polar surface area (TPSA) is 54.3 Å². The van der Waals surface area contributed by atoms with Gasteiger partial charge in [0.1, 0.15) is 11.5 Å². The molecule has 0 spiro atoms. The van der Waals surface area contributed by atoms with Crippen LogP contribution in [0.1, 0.15) is 39.2 Å². The van der Waals surface area contributed by atoms with E-state index in [-0.39, 0.29) is 11.3 Å². The Labute approximate surface area is 109 Å². The molecule has 0 saturated heterocycles. The van der Waals surface area contributed by atoms with Crippen LogP contribution in [0.15, 0.2) is 16.5 Å². The molecule has 4 nitrogen and oxygen atoms in total. The van der Waals surface area contributed by atoms with Crippen LogP contribution in [0.3, 0.4) is 0 Å². The minimum atomic E-state index is -0.193. The number of aryl methyl sites for hydroxylation is 1. The molecule has 0 aliphatic carbocycles. The molecule has 1 aromatic rings. The van der Waals surface area contributed by atoms with Gasteiger partial charge in [0.15, 0.2) is 0 Å². The van der Waals surface area contributed by atoms with Gasteiger partial charge in [-0.15, -0.1) is 0 Å². The SMILES string of the molecule is Cc1ccc(C(C)(C)CNC(=O)CNC(C)C)o1. The normalized spacial score (nSPS) is 11.9. The lowest BCUT2D eigenvalue weighted by Gasteiger charge is -2.22. The molecule has 0 saturated carbocycles. The molecular formula is C14H24N2O2. The van der Waals surface area contributed by atoms with E-state index in [1.165, 1.54) is 0 Å². The Kier molecular flexibility index (Phi) is 4.96. The first kappa shape index (κ1) is 14.8. The molecule has 0 atom stereocenters. The van der Waals surface area contributed by atoms with Gasteiger partial charge in [-0.25, -0.2) is 0 Å². The van der Waals surface area contributed by atoms with Gasteiger partial charge in [-0.05, 0) is 19.1 Å². The number of amides is 1. The number of carbonyl (C=O) groups is 1. The Balaban J connectivity index is 2.44. The summed E-state index contributed by atoms with van der Waals surface area (Å²) in [6, 6.07) is 4.23. The summed E-state index contributed by atoms with van der Waals surface area (Å²) in [6.45, 7) is 11.0. The Hall–Kier alpha value is -1.29. The van der Waals surface area contributed by atoms with Crippen LogP contribution >= 0.6 is 0 Å². The maximum absolute atomic E-state index is 11.6. The van der Waals surface area contributed by atoms with Gasteiger partial charge in [-0.3, -0.25) is 4.79 Å². The Morgan fingerprint density at radius 2 is 2.06 bits per heavy atom. The highest BCUT2D eigenvalue weighted by atomic mass is 16.3. The molecule has 1 rings (SSSR count). The van der Waals surface area contributed by atoms with Gasteiger partial charge in [0.2, 0.25) is 5.91 Å². The number of furan rings is 1. The Morgan fingerprint density at radius 1 is 1.39 bits per heavy atom. The van der Waals surface area contributed by atoms with Gasteiger partial charge in [0.05, 0.1) is 6.54 Å². The summed E-state index contributed by atoms with van der Waals surface area (Å²) in [6.07, 6.45) is 0. The molecular weight excluding hydrogens is 228 g/mol. The molecule has 0 aromatic carbocycles. The second-order valence-corrected chi connectivity index (χ2v) is 5.61. The van der Waals surface area contributed by atoms with E-state index in [2.05, 4.69) is 24.5 Å². The summed E-state index contributed by atoms with van der Waals surface area (Å²) in [5.41, 5.74) is -0.193. The predicted octanol–water partition coefficient (Wildman–Crippen LogP) is 1.98. The van der Waals surface area contributed by atoms with Crippen molar-refractivity contribution in [1.29, 1.82) is 0 Å². The average molecular weight is 252 g/mol. The summed E-state index contributed by atoms with van der Waals surface area (Å²) < 4.78 is 5.61. The van der Waals surface area contributed by atoms with Crippen LogP contribution in [0.4, 0.5) is 0 Å². The number of carbonyl (C=O) groups excluding carboxylic acids is 1. The van der Waals surface area contributed by atoms with Crippen LogP contribution in [-0.2, 0) is 10.2 Å². The average Bonchev–Trinajstić information content (AvgIpc) is 2.71. The largest absolute Gasteiger partial charge is 0.466 e. The quantitative estimate of drug-likeness (QED) is 0.814. The second kappa shape index (κ2) is 6.05. The number of hydrogen-bond acceptors (Lipinski definition) is 3. The van der Waals surface area contributed by atoms with Gasteiger partial charge >= 0.3 is 0 Å². The van der Waals surface area contributed by atoms with Gasteiger partial charge in [0, 0.05) is 18.0 Å². The van der Waals surface area contributed by atoms with E-state index in [1.54, 1.807) is 0 Å². The Bertz CT molecular complexity index is 394. The van der Waals surface area contributed by atoms with Crippen LogP contribution in [0, 0.1) is 6.92 Å². The lowest BCUT2D eigenvalue weighted by Crippen LogP contribution is -2.42. The Morgan fingerprint density at radius 3 is 2.56 bits per heavy atom. The summed E-state index contributed by atoms with van der Waals surface area (Å²) in [4.78, 5) is 11.6. The summed E-state index contributed by atoms with van der Waals surface area (Å²) in [7, 11) is 0. The van der Waals surface area contributed by atoms with Crippen LogP contribution in [0.2, 0.25) is 0 Å². The first-order valence-electron chi connectivity index (χ1n) is 6.38. The van der Waals surface area contributed by atoms with Crippen molar-refractivity contribution in [2.45, 2.75) is 46.1 Å². The zero-order chi connectivity index (χ0) is 13.8. The van der Waals surface area contributed by atoms with Crippen molar-refractivity contribution in [1.82, 2.24) is 10.6 Å². The van der Waals surface area contributed by atoms with E-state index in [1.807, 2.05) is 32.9 Å². The number of rotatable bonds is 6. The van der Waals surface area contributed by atoms with Crippen LogP contribution < -0.4 is 10.6 Å². The molecule has 0 aliphatic heterocycles. The smallest absolute Gasteiger partial charge is 0.233 e. The monoisotopic (exact) mass is 252 g/mol. The van der Waals surface area contributed by atoms with E-state index in [9.17, 15) is 4.79 Å². The van der Waals surface area contributed by atoms with Crippen molar-refractivity contribution in [3.8, 4) is 0 Å². The van der Waals surface area contributed by atoms with Gasteiger partial charge in [-0.2, -0.15) is 0 Å². The third-order valence-electron chi connectivity index (χ3n) is 2.81. The lowest BCUT2D eigenvalue weighted by atomic mass is 9.90. The van der Waals surface area contributed by atoms with E-state index in [0.717, 1.165) is 11.5 Å². The molecule has 102 valence electrons. The minimum Gasteiger partial charge on any atom is -0.466 e. The maximum atomic E-state index is 11.6. The fourth-order valence-corrected chi connectivity index (χ4v) is 1.56. The predicted molar refractivity (Wildman–Crippen MR) is 72.6 cm³/mol. The molecule has 0 unspecified atom stereocenters. The van der Waals surface area contributed by atoms with Crippen LogP contribution in [0.25, 0.3) is 0 Å². The van der Waals surface area contributed by atoms with E-state index in [4.69, 9.17) is 4.42 Å². The van der Waals surface area contributed by atoms with Gasteiger partial charge < -0.3 is 15.1 Å². The van der Waals surface area contributed by atoms with Crippen LogP contribution in [0.5, 0.6) is 0 Å². The number of hydrogen-bond donors (Lipinski definition) is 2. The van der Waals surface area contributed by atoms with Crippen molar-refractivity contribution in [2.75, 3.05) is 13.1 Å². The first-order valence-corrected chi connectivity index (χ1v) is 6.38. The minimum absolute atomic E-state index is 0.0139. The summed E-state index contributed by atoms with van der Waals surface area (Å²) in [5.74, 6) is 1.81. The highest BCUT2D eigenvalue weighted by Gasteiger charge is 2.24. The molecule has 1 aromatic heterocycles. The van der Waals surface area contributed by atoms with Crippen molar-refractivity contribution in [3.63, 3.8) is 0 Å². The third-order valence-corrected chi connectivity index (χ3v) is 2.81. The van der Waals surface area contributed by atoms with Crippen molar-refractivity contribution in [3.05, 3.63) is 23.7 Å². The van der Waals surface area contributed by atoms with E-state index < -0.39 is 0 Å². The van der Waals surface area contributed by atoms with Crippen LogP contribution in [-0.4, -0.2) is 25.0 Å². The maximum Gasteiger partial charge on any atom is 0.233 e. The zero-order valence-corrected chi connectivity index (χ0v) is 12.0. The highest BCUT2D eigenvalue weighted by Crippen LogP contribution is 2.24. The van der Waals surface area contributed by atoms with Gasteiger partial charge in [-0.1, -0.05) is 27.7 Å². The second-order valence-electron chi connectivity index (χ2n) is 5.61. The van der Waals surface area contributed by atoms with E-state index in [0.29, 0.717) is 19.1 Å². The summed E-state index contributed by atoms with van der Waals surface area (Å²) in [5, 5.41) is 6.01. The molecule has 0 radical (unpaired) electrons. The molecule has 0 aliphatic rings. The standard InChI is InChI=1S/C14H24N2O2/c1-10(2)15-8-13(17)16-9-14(4,5)12-7-6-11(3)18-12/h6-7,10,15H,8-9H2,1-5H3,(H,16,17). The molecule has 0 fully saturated rings. The lowest BCUT2D eigenvalue weighted by molar-refractivity contribution is -0.120.